The Labute approximate surface area is 230 Å². The zero-order valence-corrected chi connectivity index (χ0v) is 21.9. The van der Waals surface area contributed by atoms with Crippen LogP contribution in [0.15, 0.2) is 77.9 Å². The number of hydrogen-bond acceptors (Lipinski definition) is 9. The Morgan fingerprint density at radius 3 is 2.45 bits per heavy atom. The van der Waals surface area contributed by atoms with Crippen molar-refractivity contribution in [1.29, 1.82) is 0 Å². The summed E-state index contributed by atoms with van der Waals surface area (Å²) >= 11 is 0. The van der Waals surface area contributed by atoms with E-state index >= 15 is 0 Å². The van der Waals surface area contributed by atoms with Gasteiger partial charge in [-0.2, -0.15) is 5.10 Å². The van der Waals surface area contributed by atoms with Crippen molar-refractivity contribution in [3.8, 4) is 5.75 Å². The maximum Gasteiger partial charge on any atom is 0.341 e. The van der Waals surface area contributed by atoms with Crippen LogP contribution in [-0.4, -0.2) is 67.5 Å². The molecule has 11 nitrogen and oxygen atoms in total. The standard InChI is InChI=1S/C29H28N4O7/c1-38-23-10-7-21(8-11-23)27-18-25(20-5-3-2-4-6-20)30-32(27)28(34)19-40-29(35)24-17-22(33(36)37)9-12-26(24)31-13-15-39-16-14-31/h2-12,17,27H,13-16,18-19H2,1H3. The van der Waals surface area contributed by atoms with Gasteiger partial charge in [0.1, 0.15) is 5.75 Å². The molecule has 1 unspecified atom stereocenters. The lowest BCUT2D eigenvalue weighted by Crippen LogP contribution is -2.37. The number of carbonyl (C=O) groups excluding carboxylic acids is 2. The second-order valence-corrected chi connectivity index (χ2v) is 9.28. The summed E-state index contributed by atoms with van der Waals surface area (Å²) in [6, 6.07) is 20.6. The summed E-state index contributed by atoms with van der Waals surface area (Å²) in [5, 5.41) is 17.3. The number of esters is 1. The van der Waals surface area contributed by atoms with Crippen molar-refractivity contribution in [2.24, 2.45) is 5.10 Å². The molecular weight excluding hydrogens is 516 g/mol. The lowest BCUT2D eigenvalue weighted by Gasteiger charge is -2.30. The topological polar surface area (TPSA) is 124 Å². The summed E-state index contributed by atoms with van der Waals surface area (Å²) in [6.45, 7) is 1.39. The SMILES string of the molecule is COc1ccc(C2CC(c3ccccc3)=NN2C(=O)COC(=O)c2cc([N+](=O)[O-])ccc2N2CCOCC2)cc1. The smallest absolute Gasteiger partial charge is 0.341 e. The zero-order chi connectivity index (χ0) is 28.1. The van der Waals surface area contributed by atoms with Crippen molar-refractivity contribution in [2.75, 3.05) is 44.9 Å². The number of nitrogens with zero attached hydrogens (tertiary/aromatic N) is 4. The van der Waals surface area contributed by atoms with Crippen LogP contribution in [0, 0.1) is 10.1 Å². The molecule has 0 bridgehead atoms. The highest BCUT2D eigenvalue weighted by Crippen LogP contribution is 2.34. The van der Waals surface area contributed by atoms with Gasteiger partial charge in [-0.05, 0) is 29.3 Å². The van der Waals surface area contributed by atoms with Gasteiger partial charge in [0, 0.05) is 31.6 Å². The number of amides is 1. The fourth-order valence-electron chi connectivity index (χ4n) is 4.78. The molecule has 2 aliphatic rings. The van der Waals surface area contributed by atoms with Gasteiger partial charge in [-0.1, -0.05) is 42.5 Å². The van der Waals surface area contributed by atoms with E-state index in [1.807, 2.05) is 59.5 Å². The molecule has 0 N–H and O–H groups in total. The monoisotopic (exact) mass is 544 g/mol. The van der Waals surface area contributed by atoms with Gasteiger partial charge in [-0.15, -0.1) is 0 Å². The molecule has 0 aromatic heterocycles. The van der Waals surface area contributed by atoms with Gasteiger partial charge in [0.2, 0.25) is 0 Å². The first-order valence-electron chi connectivity index (χ1n) is 12.8. The molecule has 1 saturated heterocycles. The first kappa shape index (κ1) is 26.8. The summed E-state index contributed by atoms with van der Waals surface area (Å²) < 4.78 is 16.1. The van der Waals surface area contributed by atoms with Crippen LogP contribution < -0.4 is 9.64 Å². The second kappa shape index (κ2) is 12.0. The maximum atomic E-state index is 13.4. The molecule has 0 spiro atoms. The van der Waals surface area contributed by atoms with Crippen molar-refractivity contribution in [2.45, 2.75) is 12.5 Å². The Bertz CT molecular complexity index is 1420. The zero-order valence-electron chi connectivity index (χ0n) is 21.9. The minimum Gasteiger partial charge on any atom is -0.497 e. The van der Waals surface area contributed by atoms with E-state index in [9.17, 15) is 19.7 Å². The average molecular weight is 545 g/mol. The highest BCUT2D eigenvalue weighted by atomic mass is 16.6. The summed E-state index contributed by atoms with van der Waals surface area (Å²) in [5.41, 5.74) is 2.74. The average Bonchev–Trinajstić information content (AvgIpc) is 3.46. The Hall–Kier alpha value is -4.77. The molecule has 0 radical (unpaired) electrons. The predicted molar refractivity (Wildman–Crippen MR) is 147 cm³/mol. The van der Waals surface area contributed by atoms with Crippen LogP contribution >= 0.6 is 0 Å². The number of non-ortho nitro benzene ring substituents is 1. The van der Waals surface area contributed by atoms with Gasteiger partial charge in [0.05, 0.1) is 48.3 Å². The number of rotatable bonds is 8. The van der Waals surface area contributed by atoms with E-state index in [4.69, 9.17) is 14.2 Å². The van der Waals surface area contributed by atoms with E-state index < -0.39 is 29.4 Å². The minimum atomic E-state index is -0.828. The number of ether oxygens (including phenoxy) is 3. The third kappa shape index (κ3) is 5.79. The van der Waals surface area contributed by atoms with E-state index in [-0.39, 0.29) is 11.3 Å². The Morgan fingerprint density at radius 1 is 1.05 bits per heavy atom. The minimum absolute atomic E-state index is 0.0190. The molecule has 2 heterocycles. The molecule has 1 atom stereocenters. The first-order valence-corrected chi connectivity index (χ1v) is 12.8. The lowest BCUT2D eigenvalue weighted by molar-refractivity contribution is -0.384. The van der Waals surface area contributed by atoms with Crippen LogP contribution in [0.3, 0.4) is 0 Å². The predicted octanol–water partition coefficient (Wildman–Crippen LogP) is 3.97. The molecule has 2 aliphatic heterocycles. The maximum absolute atomic E-state index is 13.4. The molecular formula is C29H28N4O7. The molecule has 3 aromatic carbocycles. The highest BCUT2D eigenvalue weighted by Gasteiger charge is 2.34. The molecule has 3 aromatic rings. The Balaban J connectivity index is 1.37. The third-order valence-electron chi connectivity index (χ3n) is 6.86. The van der Waals surface area contributed by atoms with E-state index in [2.05, 4.69) is 5.10 Å². The lowest BCUT2D eigenvalue weighted by atomic mass is 9.98. The fourth-order valence-corrected chi connectivity index (χ4v) is 4.78. The second-order valence-electron chi connectivity index (χ2n) is 9.28. The number of benzene rings is 3. The van der Waals surface area contributed by atoms with E-state index in [0.717, 1.165) is 16.8 Å². The van der Waals surface area contributed by atoms with Gasteiger partial charge in [-0.3, -0.25) is 14.9 Å². The van der Waals surface area contributed by atoms with Crippen LogP contribution in [0.5, 0.6) is 5.75 Å². The van der Waals surface area contributed by atoms with Crippen molar-refractivity contribution in [1.82, 2.24) is 5.01 Å². The molecule has 1 fully saturated rings. The Kier molecular flexibility index (Phi) is 8.02. The van der Waals surface area contributed by atoms with Gasteiger partial charge < -0.3 is 19.1 Å². The summed E-state index contributed by atoms with van der Waals surface area (Å²) in [6.07, 6.45) is 0.474. The molecule has 1 amide bonds. The molecule has 11 heteroatoms. The van der Waals surface area contributed by atoms with Crippen molar-refractivity contribution in [3.63, 3.8) is 0 Å². The van der Waals surface area contributed by atoms with Gasteiger partial charge >= 0.3 is 5.97 Å². The van der Waals surface area contributed by atoms with Crippen molar-refractivity contribution in [3.05, 3.63) is 99.6 Å². The van der Waals surface area contributed by atoms with Crippen LogP contribution in [0.1, 0.15) is 33.9 Å². The quantitative estimate of drug-likeness (QED) is 0.237. The summed E-state index contributed by atoms with van der Waals surface area (Å²) in [4.78, 5) is 39.3. The molecule has 0 saturated carbocycles. The van der Waals surface area contributed by atoms with Crippen molar-refractivity contribution >= 4 is 29.0 Å². The van der Waals surface area contributed by atoms with Crippen LogP contribution in [-0.2, 0) is 14.3 Å². The largest absolute Gasteiger partial charge is 0.497 e. The fraction of sp³-hybridized carbons (Fsp3) is 0.276. The van der Waals surface area contributed by atoms with Gasteiger partial charge in [-0.25, -0.2) is 9.80 Å². The molecule has 40 heavy (non-hydrogen) atoms. The van der Waals surface area contributed by atoms with E-state index in [0.29, 0.717) is 44.2 Å². The number of carbonyl (C=O) groups is 2. The number of nitro benzene ring substituents is 1. The molecule has 5 rings (SSSR count). The van der Waals surface area contributed by atoms with Crippen molar-refractivity contribution < 1.29 is 28.7 Å². The number of morpholine rings is 1. The summed E-state index contributed by atoms with van der Waals surface area (Å²) in [7, 11) is 1.58. The van der Waals surface area contributed by atoms with E-state index in [1.54, 1.807) is 7.11 Å². The normalized spacial score (nSPS) is 16.8. The Morgan fingerprint density at radius 2 is 1.77 bits per heavy atom. The number of hydrazone groups is 1. The first-order chi connectivity index (χ1) is 19.4. The third-order valence-corrected chi connectivity index (χ3v) is 6.86. The van der Waals surface area contributed by atoms with Gasteiger partial charge in [0.15, 0.2) is 6.61 Å². The number of methoxy groups -OCH3 is 1. The van der Waals surface area contributed by atoms with Crippen LogP contribution in [0.4, 0.5) is 11.4 Å². The molecule has 0 aliphatic carbocycles. The van der Waals surface area contributed by atoms with E-state index in [1.165, 1.54) is 23.2 Å². The van der Waals surface area contributed by atoms with Gasteiger partial charge in [0.25, 0.3) is 11.6 Å². The number of hydrogen-bond donors (Lipinski definition) is 0. The van der Waals surface area contributed by atoms with Crippen LogP contribution in [0.25, 0.3) is 0 Å². The number of nitro groups is 1. The highest BCUT2D eigenvalue weighted by molar-refractivity contribution is 6.03. The van der Waals surface area contributed by atoms with Crippen LogP contribution in [0.2, 0.25) is 0 Å². The molecule has 206 valence electrons. The summed E-state index contributed by atoms with van der Waals surface area (Å²) in [5.74, 6) is -0.657. The number of anilines is 1.